The minimum atomic E-state index is 1.19. The number of hydrogen-bond acceptors (Lipinski definition) is 5. The second-order valence-electron chi connectivity index (χ2n) is 0.755. The summed E-state index contributed by atoms with van der Waals surface area (Å²) >= 11 is 0. The minimum Gasteiger partial charge on any atom is -0.0967 e. The van der Waals surface area contributed by atoms with E-state index >= 15 is 0 Å². The Morgan fingerprint density at radius 2 is 1.75 bits per heavy atom. The van der Waals surface area contributed by atoms with Crippen LogP contribution in [-0.4, -0.2) is 17.6 Å². The van der Waals surface area contributed by atoms with Crippen molar-refractivity contribution in [2.75, 3.05) is 17.6 Å². The van der Waals surface area contributed by atoms with E-state index in [1.807, 2.05) is 53.0 Å². The fourth-order valence-corrected chi connectivity index (χ4v) is 5.78. The topological polar surface area (TPSA) is 0 Å². The molecule has 0 fully saturated rings. The van der Waals surface area contributed by atoms with Crippen molar-refractivity contribution in [3.63, 3.8) is 0 Å². The summed E-state index contributed by atoms with van der Waals surface area (Å²) in [6.07, 6.45) is 4.20. The molecule has 0 atom stereocenters. The van der Waals surface area contributed by atoms with Gasteiger partial charge in [0, 0.05) is 0 Å². The summed E-state index contributed by atoms with van der Waals surface area (Å²) in [7, 11) is 9.27. The lowest BCUT2D eigenvalue weighted by Crippen LogP contribution is -1.54. The average molecular weight is 204 g/mol. The van der Waals surface area contributed by atoms with Gasteiger partial charge in [0.2, 0.25) is 0 Å². The molecule has 0 aliphatic carbocycles. The molecule has 0 unspecified atom stereocenters. The van der Waals surface area contributed by atoms with Gasteiger partial charge in [-0.2, -0.15) is 0 Å². The molecule has 0 aliphatic rings. The fourth-order valence-electron chi connectivity index (χ4n) is 0.136. The van der Waals surface area contributed by atoms with E-state index in [1.165, 1.54) is 5.08 Å². The van der Waals surface area contributed by atoms with E-state index in [2.05, 4.69) is 12.5 Å². The van der Waals surface area contributed by atoms with Gasteiger partial charge in [0.05, 0.1) is 5.08 Å². The van der Waals surface area contributed by atoms with Crippen molar-refractivity contribution in [3.8, 4) is 0 Å². The normalized spacial score (nSPS) is 9.75. The van der Waals surface area contributed by atoms with Gasteiger partial charge >= 0.3 is 0 Å². The summed E-state index contributed by atoms with van der Waals surface area (Å²) in [5.41, 5.74) is 0. The van der Waals surface area contributed by atoms with Gasteiger partial charge in [-0.05, 0) is 22.3 Å². The highest BCUT2D eigenvalue weighted by Crippen LogP contribution is 2.36. The Morgan fingerprint density at radius 3 is 2.25 bits per heavy atom. The van der Waals surface area contributed by atoms with Gasteiger partial charge in [0.1, 0.15) is 0 Å². The van der Waals surface area contributed by atoms with Gasteiger partial charge in [-0.1, -0.05) is 43.2 Å². The van der Waals surface area contributed by atoms with Gasteiger partial charge in [0.15, 0.2) is 0 Å². The quantitative estimate of drug-likeness (QED) is 0.380. The fraction of sp³-hybridized carbons (Fsp3) is 1.00. The lowest BCUT2D eigenvalue weighted by atomic mass is 11.9. The largest absolute Gasteiger partial charge is 0.0967 e. The van der Waals surface area contributed by atoms with Gasteiger partial charge < -0.3 is 0 Å². The van der Waals surface area contributed by atoms with Crippen molar-refractivity contribution in [2.24, 2.45) is 0 Å². The van der Waals surface area contributed by atoms with Crippen molar-refractivity contribution in [1.29, 1.82) is 0 Å². The molecule has 0 amide bonds. The molecule has 0 saturated carbocycles. The van der Waals surface area contributed by atoms with Crippen molar-refractivity contribution < 1.29 is 0 Å². The zero-order chi connectivity index (χ0) is 6.24. The molecule has 0 aromatic heterocycles. The molecular formula is C3H8S5. The minimum absolute atomic E-state index is 1.19. The van der Waals surface area contributed by atoms with Crippen LogP contribution in [-0.2, 0) is 0 Å². The predicted octanol–water partition coefficient (Wildman–Crippen LogP) is 3.61. The molecule has 0 saturated heterocycles. The van der Waals surface area contributed by atoms with E-state index in [0.717, 1.165) is 0 Å². The molecular weight excluding hydrogens is 196 g/mol. The van der Waals surface area contributed by atoms with Crippen LogP contribution in [0.3, 0.4) is 0 Å². The van der Waals surface area contributed by atoms with Crippen LogP contribution in [0.25, 0.3) is 0 Å². The molecule has 0 rings (SSSR count). The van der Waals surface area contributed by atoms with Gasteiger partial charge in [-0.25, -0.2) is 0 Å². The van der Waals surface area contributed by atoms with Crippen LogP contribution < -0.4 is 0 Å². The standard InChI is InChI=1S/C3H8S5/c1-4-6-3-7-8-5-2/h3H2,1-2H3. The Balaban J connectivity index is 2.53. The highest BCUT2D eigenvalue weighted by Gasteiger charge is 1.85. The van der Waals surface area contributed by atoms with Gasteiger partial charge in [-0.15, -0.1) is 0 Å². The van der Waals surface area contributed by atoms with Crippen LogP contribution in [0.5, 0.6) is 0 Å². The van der Waals surface area contributed by atoms with Crippen LogP contribution in [0.15, 0.2) is 0 Å². The highest BCUT2D eigenvalue weighted by atomic mass is 33.5. The zero-order valence-electron chi connectivity index (χ0n) is 4.75. The van der Waals surface area contributed by atoms with E-state index < -0.39 is 0 Å². The van der Waals surface area contributed by atoms with Crippen LogP contribution in [0.4, 0.5) is 0 Å². The van der Waals surface area contributed by atoms with Gasteiger partial charge in [-0.3, -0.25) is 0 Å². The molecule has 0 aromatic rings. The van der Waals surface area contributed by atoms with Crippen LogP contribution in [0.2, 0.25) is 0 Å². The van der Waals surface area contributed by atoms with Crippen molar-refractivity contribution >= 4 is 53.0 Å². The molecule has 0 nitrogen and oxygen atoms in total. The van der Waals surface area contributed by atoms with E-state index in [4.69, 9.17) is 0 Å². The first kappa shape index (κ1) is 9.75. The van der Waals surface area contributed by atoms with Crippen LogP contribution in [0.1, 0.15) is 0 Å². The molecule has 0 aromatic carbocycles. The Morgan fingerprint density at radius 1 is 1.00 bits per heavy atom. The van der Waals surface area contributed by atoms with Crippen molar-refractivity contribution in [2.45, 2.75) is 0 Å². The second-order valence-corrected chi connectivity index (χ2v) is 8.02. The molecule has 0 aliphatic heterocycles. The first-order valence-corrected chi connectivity index (χ1v) is 8.68. The average Bonchev–Trinajstić information content (AvgIpc) is 1.81. The van der Waals surface area contributed by atoms with Crippen LogP contribution >= 0.6 is 53.0 Å². The molecule has 0 N–H and O–H groups in total. The summed E-state index contributed by atoms with van der Waals surface area (Å²) in [5, 5.41) is 1.19. The number of hydrogen-bond donors (Lipinski definition) is 0. The Hall–Kier alpha value is 1.75. The predicted molar refractivity (Wildman–Crippen MR) is 54.7 cm³/mol. The van der Waals surface area contributed by atoms with Crippen molar-refractivity contribution in [1.82, 2.24) is 0 Å². The summed E-state index contributed by atoms with van der Waals surface area (Å²) < 4.78 is 0. The monoisotopic (exact) mass is 204 g/mol. The molecule has 0 radical (unpaired) electrons. The second kappa shape index (κ2) is 8.75. The zero-order valence-corrected chi connectivity index (χ0v) is 8.83. The molecule has 0 heterocycles. The maximum absolute atomic E-state index is 2.11. The Labute approximate surface area is 70.3 Å². The van der Waals surface area contributed by atoms with E-state index in [0.29, 0.717) is 0 Å². The third-order valence-electron chi connectivity index (χ3n) is 0.330. The highest BCUT2D eigenvalue weighted by molar-refractivity contribution is 9.10. The van der Waals surface area contributed by atoms with E-state index in [-0.39, 0.29) is 0 Å². The first-order chi connectivity index (χ1) is 3.91. The summed E-state index contributed by atoms with van der Waals surface area (Å²) in [5.74, 6) is 0. The summed E-state index contributed by atoms with van der Waals surface area (Å²) in [4.78, 5) is 0. The SMILES string of the molecule is CSSCSSSC. The molecule has 8 heavy (non-hydrogen) atoms. The number of rotatable bonds is 5. The van der Waals surface area contributed by atoms with E-state index in [1.54, 1.807) is 0 Å². The molecule has 0 bridgehead atoms. The lowest BCUT2D eigenvalue weighted by molar-refractivity contribution is 2.35. The third-order valence-corrected chi connectivity index (χ3v) is 6.79. The van der Waals surface area contributed by atoms with Crippen LogP contribution in [0, 0.1) is 0 Å². The molecule has 50 valence electrons. The lowest BCUT2D eigenvalue weighted by Gasteiger charge is -1.92. The van der Waals surface area contributed by atoms with E-state index in [9.17, 15) is 0 Å². The third kappa shape index (κ3) is 7.75. The Bertz CT molecular complexity index is 32.7. The summed E-state index contributed by atoms with van der Waals surface area (Å²) in [6.45, 7) is 0. The smallest absolute Gasteiger partial charge is 0.0608 e. The summed E-state index contributed by atoms with van der Waals surface area (Å²) in [6, 6.07) is 0. The first-order valence-electron chi connectivity index (χ1n) is 1.89. The maximum Gasteiger partial charge on any atom is 0.0608 e. The molecule has 5 heteroatoms. The Kier molecular flexibility index (Phi) is 10.7. The maximum atomic E-state index is 2.11. The van der Waals surface area contributed by atoms with Gasteiger partial charge in [0.25, 0.3) is 0 Å². The molecule has 0 spiro atoms. The van der Waals surface area contributed by atoms with Crippen molar-refractivity contribution in [3.05, 3.63) is 0 Å².